The second-order valence-corrected chi connectivity index (χ2v) is 5.06. The van der Waals surface area contributed by atoms with Crippen molar-refractivity contribution in [2.75, 3.05) is 7.11 Å². The first-order valence-corrected chi connectivity index (χ1v) is 6.83. The van der Waals surface area contributed by atoms with Crippen LogP contribution in [-0.4, -0.2) is 13.2 Å². The van der Waals surface area contributed by atoms with Gasteiger partial charge in [-0.05, 0) is 49.2 Å². The second kappa shape index (κ2) is 6.59. The van der Waals surface area contributed by atoms with Crippen molar-refractivity contribution in [3.8, 4) is 11.5 Å². The van der Waals surface area contributed by atoms with Gasteiger partial charge < -0.3 is 15.2 Å². The highest BCUT2D eigenvalue weighted by molar-refractivity contribution is 5.31. The fourth-order valence-corrected chi connectivity index (χ4v) is 2.07. The number of methoxy groups -OCH3 is 1. The summed E-state index contributed by atoms with van der Waals surface area (Å²) in [7, 11) is 1.61. The van der Waals surface area contributed by atoms with Gasteiger partial charge in [-0.2, -0.15) is 0 Å². The SMILES string of the molecule is COc1ccc(C(N)C(C)Oc2cc(C)ccc2F)cc1. The van der Waals surface area contributed by atoms with Gasteiger partial charge in [0, 0.05) is 0 Å². The Labute approximate surface area is 124 Å². The van der Waals surface area contributed by atoms with Crippen LogP contribution in [0.5, 0.6) is 11.5 Å². The standard InChI is InChI=1S/C17H20FNO2/c1-11-4-9-15(18)16(10-11)21-12(2)17(19)13-5-7-14(20-3)8-6-13/h4-10,12,17H,19H2,1-3H3. The third-order valence-corrected chi connectivity index (χ3v) is 3.41. The molecular weight excluding hydrogens is 269 g/mol. The predicted octanol–water partition coefficient (Wildman–Crippen LogP) is 3.61. The van der Waals surface area contributed by atoms with Gasteiger partial charge >= 0.3 is 0 Å². The molecule has 0 heterocycles. The third-order valence-electron chi connectivity index (χ3n) is 3.41. The molecule has 2 atom stereocenters. The second-order valence-electron chi connectivity index (χ2n) is 5.06. The fraction of sp³-hybridized carbons (Fsp3) is 0.294. The molecule has 0 aromatic heterocycles. The van der Waals surface area contributed by atoms with E-state index in [0.29, 0.717) is 0 Å². The van der Waals surface area contributed by atoms with Crippen molar-refractivity contribution in [3.05, 3.63) is 59.4 Å². The molecular formula is C17H20FNO2. The molecule has 0 fully saturated rings. The Balaban J connectivity index is 2.11. The van der Waals surface area contributed by atoms with E-state index in [9.17, 15) is 4.39 Å². The highest BCUT2D eigenvalue weighted by Gasteiger charge is 2.18. The van der Waals surface area contributed by atoms with Gasteiger partial charge in [-0.25, -0.2) is 4.39 Å². The molecule has 2 aromatic rings. The van der Waals surface area contributed by atoms with Gasteiger partial charge in [0.1, 0.15) is 11.9 Å². The molecule has 4 heteroatoms. The van der Waals surface area contributed by atoms with E-state index in [1.807, 2.05) is 38.1 Å². The first kappa shape index (κ1) is 15.3. The minimum absolute atomic E-state index is 0.228. The summed E-state index contributed by atoms with van der Waals surface area (Å²) in [6, 6.07) is 11.9. The van der Waals surface area contributed by atoms with Crippen LogP contribution in [0.2, 0.25) is 0 Å². The summed E-state index contributed by atoms with van der Waals surface area (Å²) in [6.07, 6.45) is -0.352. The average molecular weight is 289 g/mol. The topological polar surface area (TPSA) is 44.5 Å². The molecule has 112 valence electrons. The van der Waals surface area contributed by atoms with Crippen molar-refractivity contribution < 1.29 is 13.9 Å². The quantitative estimate of drug-likeness (QED) is 0.914. The fourth-order valence-electron chi connectivity index (χ4n) is 2.07. The van der Waals surface area contributed by atoms with Crippen LogP contribution in [0, 0.1) is 12.7 Å². The lowest BCUT2D eigenvalue weighted by molar-refractivity contribution is 0.182. The van der Waals surface area contributed by atoms with Gasteiger partial charge in [0.05, 0.1) is 13.2 Å². The molecule has 0 aliphatic carbocycles. The normalized spacial score (nSPS) is 13.6. The van der Waals surface area contributed by atoms with E-state index in [-0.39, 0.29) is 23.7 Å². The number of nitrogens with two attached hydrogens (primary N) is 1. The largest absolute Gasteiger partial charge is 0.497 e. The Morgan fingerprint density at radius 1 is 1.10 bits per heavy atom. The van der Waals surface area contributed by atoms with Crippen molar-refractivity contribution in [1.29, 1.82) is 0 Å². The summed E-state index contributed by atoms with van der Waals surface area (Å²) in [6.45, 7) is 3.72. The van der Waals surface area contributed by atoms with E-state index in [0.717, 1.165) is 16.9 Å². The molecule has 0 saturated heterocycles. The summed E-state index contributed by atoms with van der Waals surface area (Å²) >= 11 is 0. The zero-order valence-electron chi connectivity index (χ0n) is 12.5. The lowest BCUT2D eigenvalue weighted by atomic mass is 10.0. The zero-order chi connectivity index (χ0) is 15.4. The molecule has 2 unspecified atom stereocenters. The highest BCUT2D eigenvalue weighted by atomic mass is 19.1. The Bertz CT molecular complexity index is 598. The van der Waals surface area contributed by atoms with Crippen LogP contribution in [0.4, 0.5) is 4.39 Å². The van der Waals surface area contributed by atoms with Crippen molar-refractivity contribution in [1.82, 2.24) is 0 Å². The van der Waals surface area contributed by atoms with Crippen LogP contribution in [-0.2, 0) is 0 Å². The Morgan fingerprint density at radius 2 is 1.76 bits per heavy atom. The van der Waals surface area contributed by atoms with Crippen molar-refractivity contribution in [2.45, 2.75) is 26.0 Å². The minimum Gasteiger partial charge on any atom is -0.497 e. The number of hydrogen-bond donors (Lipinski definition) is 1. The summed E-state index contributed by atoms with van der Waals surface area (Å²) in [5.41, 5.74) is 8.03. The van der Waals surface area contributed by atoms with Crippen molar-refractivity contribution >= 4 is 0 Å². The van der Waals surface area contributed by atoms with Crippen molar-refractivity contribution in [3.63, 3.8) is 0 Å². The smallest absolute Gasteiger partial charge is 0.165 e. The van der Waals surface area contributed by atoms with Crippen LogP contribution in [0.3, 0.4) is 0 Å². The molecule has 0 aliphatic heterocycles. The molecule has 2 rings (SSSR count). The molecule has 0 aliphatic rings. The number of aryl methyl sites for hydroxylation is 1. The van der Waals surface area contributed by atoms with Gasteiger partial charge in [-0.1, -0.05) is 18.2 Å². The van der Waals surface area contributed by atoms with E-state index < -0.39 is 0 Å². The lowest BCUT2D eigenvalue weighted by Crippen LogP contribution is -2.29. The van der Waals surface area contributed by atoms with Crippen LogP contribution in [0.25, 0.3) is 0 Å². The molecule has 0 saturated carbocycles. The van der Waals surface area contributed by atoms with Gasteiger partial charge in [-0.15, -0.1) is 0 Å². The first-order valence-electron chi connectivity index (χ1n) is 6.83. The van der Waals surface area contributed by atoms with E-state index in [1.165, 1.54) is 6.07 Å². The van der Waals surface area contributed by atoms with Gasteiger partial charge in [-0.3, -0.25) is 0 Å². The number of benzene rings is 2. The van der Waals surface area contributed by atoms with E-state index >= 15 is 0 Å². The minimum atomic E-state index is -0.380. The molecule has 0 amide bonds. The number of hydrogen-bond acceptors (Lipinski definition) is 3. The van der Waals surface area contributed by atoms with E-state index in [1.54, 1.807) is 19.2 Å². The van der Waals surface area contributed by atoms with Crippen LogP contribution < -0.4 is 15.2 Å². The molecule has 2 aromatic carbocycles. The summed E-state index contributed by atoms with van der Waals surface area (Å²) in [4.78, 5) is 0. The lowest BCUT2D eigenvalue weighted by Gasteiger charge is -2.22. The molecule has 3 nitrogen and oxygen atoms in total. The maximum absolute atomic E-state index is 13.7. The maximum Gasteiger partial charge on any atom is 0.165 e. The van der Waals surface area contributed by atoms with Gasteiger partial charge in [0.15, 0.2) is 11.6 Å². The third kappa shape index (κ3) is 3.73. The Hall–Kier alpha value is -2.07. The Kier molecular flexibility index (Phi) is 4.81. The van der Waals surface area contributed by atoms with Crippen LogP contribution in [0.15, 0.2) is 42.5 Å². The van der Waals surface area contributed by atoms with E-state index in [4.69, 9.17) is 15.2 Å². The van der Waals surface area contributed by atoms with E-state index in [2.05, 4.69) is 0 Å². The van der Waals surface area contributed by atoms with Gasteiger partial charge in [0.25, 0.3) is 0 Å². The first-order chi connectivity index (χ1) is 10.0. The monoisotopic (exact) mass is 289 g/mol. The highest BCUT2D eigenvalue weighted by Crippen LogP contribution is 2.24. The van der Waals surface area contributed by atoms with Gasteiger partial charge in [0.2, 0.25) is 0 Å². The average Bonchev–Trinajstić information content (AvgIpc) is 2.50. The number of halogens is 1. The predicted molar refractivity (Wildman–Crippen MR) is 81.1 cm³/mol. The number of rotatable bonds is 5. The molecule has 21 heavy (non-hydrogen) atoms. The maximum atomic E-state index is 13.7. The molecule has 0 bridgehead atoms. The van der Waals surface area contributed by atoms with Crippen LogP contribution in [0.1, 0.15) is 24.1 Å². The molecule has 2 N–H and O–H groups in total. The van der Waals surface area contributed by atoms with Crippen molar-refractivity contribution in [2.24, 2.45) is 5.73 Å². The summed E-state index contributed by atoms with van der Waals surface area (Å²) < 4.78 is 24.5. The molecule has 0 radical (unpaired) electrons. The summed E-state index contributed by atoms with van der Waals surface area (Å²) in [5, 5.41) is 0. The summed E-state index contributed by atoms with van der Waals surface area (Å²) in [5.74, 6) is 0.616. The zero-order valence-corrected chi connectivity index (χ0v) is 12.5. The Morgan fingerprint density at radius 3 is 2.38 bits per heavy atom. The molecule has 0 spiro atoms. The number of ether oxygens (including phenoxy) is 2. The van der Waals surface area contributed by atoms with Crippen LogP contribution >= 0.6 is 0 Å².